The van der Waals surface area contributed by atoms with Crippen LogP contribution >= 0.6 is 0 Å². The molecule has 0 heterocycles. The molecular weight excluding hydrogens is 254 g/mol. The second-order valence-electron chi connectivity index (χ2n) is 4.90. The van der Waals surface area contributed by atoms with E-state index in [0.717, 1.165) is 24.8 Å². The SMILES string of the molecule is CCCCCC(=O)N(CCc1ccccc1)CC(=O)O. The topological polar surface area (TPSA) is 57.6 Å². The molecule has 0 atom stereocenters. The van der Waals surface area contributed by atoms with Crippen LogP contribution in [0, 0.1) is 0 Å². The van der Waals surface area contributed by atoms with Crippen molar-refractivity contribution in [3.63, 3.8) is 0 Å². The Balaban J connectivity index is 2.50. The van der Waals surface area contributed by atoms with Gasteiger partial charge in [-0.05, 0) is 18.4 Å². The van der Waals surface area contributed by atoms with Gasteiger partial charge in [-0.15, -0.1) is 0 Å². The number of benzene rings is 1. The number of carboxylic acids is 1. The lowest BCUT2D eigenvalue weighted by molar-refractivity contribution is -0.144. The van der Waals surface area contributed by atoms with Crippen molar-refractivity contribution in [2.75, 3.05) is 13.1 Å². The fourth-order valence-corrected chi connectivity index (χ4v) is 2.05. The van der Waals surface area contributed by atoms with Gasteiger partial charge in [-0.25, -0.2) is 0 Å². The monoisotopic (exact) mass is 277 g/mol. The van der Waals surface area contributed by atoms with Crippen molar-refractivity contribution >= 4 is 11.9 Å². The van der Waals surface area contributed by atoms with Crippen molar-refractivity contribution < 1.29 is 14.7 Å². The van der Waals surface area contributed by atoms with Gasteiger partial charge in [0, 0.05) is 13.0 Å². The zero-order valence-corrected chi connectivity index (χ0v) is 12.0. The molecule has 4 heteroatoms. The minimum atomic E-state index is -0.957. The molecule has 1 aromatic carbocycles. The Morgan fingerprint density at radius 2 is 1.85 bits per heavy atom. The predicted molar refractivity (Wildman–Crippen MR) is 78.5 cm³/mol. The fraction of sp³-hybridized carbons (Fsp3) is 0.500. The Hall–Kier alpha value is -1.84. The first kappa shape index (κ1) is 16.2. The number of hydrogen-bond donors (Lipinski definition) is 1. The molecule has 0 aromatic heterocycles. The van der Waals surface area contributed by atoms with Crippen molar-refractivity contribution in [1.29, 1.82) is 0 Å². The molecule has 0 saturated carbocycles. The number of carbonyl (C=O) groups is 2. The van der Waals surface area contributed by atoms with Crippen LogP contribution in [-0.4, -0.2) is 35.0 Å². The van der Waals surface area contributed by atoms with E-state index >= 15 is 0 Å². The zero-order chi connectivity index (χ0) is 14.8. The third-order valence-electron chi connectivity index (χ3n) is 3.19. The Bertz CT molecular complexity index is 417. The molecule has 1 N–H and O–H groups in total. The molecule has 20 heavy (non-hydrogen) atoms. The van der Waals surface area contributed by atoms with Crippen LogP contribution in [0.1, 0.15) is 38.2 Å². The van der Waals surface area contributed by atoms with E-state index < -0.39 is 5.97 Å². The quantitative estimate of drug-likeness (QED) is 0.706. The molecule has 1 amide bonds. The molecule has 0 radical (unpaired) electrons. The summed E-state index contributed by atoms with van der Waals surface area (Å²) in [5.74, 6) is -1.02. The van der Waals surface area contributed by atoms with E-state index in [-0.39, 0.29) is 12.5 Å². The molecule has 0 spiro atoms. The Labute approximate surface area is 120 Å². The maximum Gasteiger partial charge on any atom is 0.323 e. The highest BCUT2D eigenvalue weighted by Crippen LogP contribution is 2.06. The Kier molecular flexibility index (Phi) is 7.40. The number of amides is 1. The van der Waals surface area contributed by atoms with Crippen LogP contribution in [0.25, 0.3) is 0 Å². The van der Waals surface area contributed by atoms with Crippen LogP contribution in [0.3, 0.4) is 0 Å². The number of unbranched alkanes of at least 4 members (excludes halogenated alkanes) is 2. The number of carbonyl (C=O) groups excluding carboxylic acids is 1. The van der Waals surface area contributed by atoms with Gasteiger partial charge in [-0.3, -0.25) is 9.59 Å². The largest absolute Gasteiger partial charge is 0.480 e. The van der Waals surface area contributed by atoms with Gasteiger partial charge in [-0.1, -0.05) is 50.1 Å². The summed E-state index contributed by atoms with van der Waals surface area (Å²) in [6, 6.07) is 9.80. The average Bonchev–Trinajstić information content (AvgIpc) is 2.44. The summed E-state index contributed by atoms with van der Waals surface area (Å²) >= 11 is 0. The fourth-order valence-electron chi connectivity index (χ4n) is 2.05. The summed E-state index contributed by atoms with van der Waals surface area (Å²) in [7, 11) is 0. The minimum Gasteiger partial charge on any atom is -0.480 e. The van der Waals surface area contributed by atoms with Crippen molar-refractivity contribution in [2.24, 2.45) is 0 Å². The molecule has 0 saturated heterocycles. The number of carboxylic acid groups (broad SMARTS) is 1. The van der Waals surface area contributed by atoms with Gasteiger partial charge in [0.25, 0.3) is 0 Å². The number of aliphatic carboxylic acids is 1. The smallest absolute Gasteiger partial charge is 0.323 e. The highest BCUT2D eigenvalue weighted by molar-refractivity contribution is 5.81. The summed E-state index contributed by atoms with van der Waals surface area (Å²) < 4.78 is 0. The molecule has 0 aliphatic heterocycles. The van der Waals surface area contributed by atoms with E-state index in [1.54, 1.807) is 0 Å². The van der Waals surface area contributed by atoms with Crippen LogP contribution < -0.4 is 0 Å². The summed E-state index contributed by atoms with van der Waals surface area (Å²) in [6.45, 7) is 2.33. The van der Waals surface area contributed by atoms with E-state index in [9.17, 15) is 9.59 Å². The molecular formula is C16H23NO3. The third-order valence-corrected chi connectivity index (χ3v) is 3.19. The van der Waals surface area contributed by atoms with Gasteiger partial charge in [0.05, 0.1) is 0 Å². The highest BCUT2D eigenvalue weighted by atomic mass is 16.4. The first-order valence-corrected chi connectivity index (χ1v) is 7.17. The molecule has 0 aliphatic rings. The lowest BCUT2D eigenvalue weighted by Gasteiger charge is -2.20. The predicted octanol–water partition coefficient (Wildman–Crippen LogP) is 2.72. The first-order valence-electron chi connectivity index (χ1n) is 7.17. The van der Waals surface area contributed by atoms with E-state index in [0.29, 0.717) is 19.4 Å². The van der Waals surface area contributed by atoms with Crippen molar-refractivity contribution in [1.82, 2.24) is 4.90 Å². The normalized spacial score (nSPS) is 10.2. The second-order valence-corrected chi connectivity index (χ2v) is 4.90. The summed E-state index contributed by atoms with van der Waals surface area (Å²) in [5.41, 5.74) is 1.12. The lowest BCUT2D eigenvalue weighted by atomic mass is 10.1. The van der Waals surface area contributed by atoms with Gasteiger partial charge < -0.3 is 10.0 Å². The van der Waals surface area contributed by atoms with Crippen molar-refractivity contribution in [3.05, 3.63) is 35.9 Å². The summed E-state index contributed by atoms with van der Waals surface area (Å²) in [5, 5.41) is 8.91. The molecule has 1 aromatic rings. The van der Waals surface area contributed by atoms with E-state index in [4.69, 9.17) is 5.11 Å². The Morgan fingerprint density at radius 3 is 2.45 bits per heavy atom. The third kappa shape index (κ3) is 6.36. The van der Waals surface area contributed by atoms with Crippen LogP contribution in [0.4, 0.5) is 0 Å². The maximum atomic E-state index is 12.0. The van der Waals surface area contributed by atoms with Gasteiger partial charge >= 0.3 is 5.97 Å². The highest BCUT2D eigenvalue weighted by Gasteiger charge is 2.15. The van der Waals surface area contributed by atoms with Gasteiger partial charge in [0.1, 0.15) is 6.54 Å². The van der Waals surface area contributed by atoms with E-state index in [1.807, 2.05) is 30.3 Å². The molecule has 0 aliphatic carbocycles. The van der Waals surface area contributed by atoms with E-state index in [2.05, 4.69) is 6.92 Å². The molecule has 0 fully saturated rings. The molecule has 110 valence electrons. The lowest BCUT2D eigenvalue weighted by Crippen LogP contribution is -2.37. The number of nitrogens with zero attached hydrogens (tertiary/aromatic N) is 1. The second kappa shape index (κ2) is 9.13. The average molecular weight is 277 g/mol. The summed E-state index contributed by atoms with van der Waals surface area (Å²) in [6.07, 6.45) is 4.02. The minimum absolute atomic E-state index is 0.0585. The van der Waals surface area contributed by atoms with Gasteiger partial charge in [0.2, 0.25) is 5.91 Å². The summed E-state index contributed by atoms with van der Waals surface area (Å²) in [4.78, 5) is 24.3. The van der Waals surface area contributed by atoms with Crippen LogP contribution in [0.5, 0.6) is 0 Å². The van der Waals surface area contributed by atoms with E-state index in [1.165, 1.54) is 4.90 Å². The maximum absolute atomic E-state index is 12.0. The van der Waals surface area contributed by atoms with Crippen molar-refractivity contribution in [3.8, 4) is 0 Å². The molecule has 0 bridgehead atoms. The molecule has 0 unspecified atom stereocenters. The van der Waals surface area contributed by atoms with Gasteiger partial charge in [0.15, 0.2) is 0 Å². The number of hydrogen-bond acceptors (Lipinski definition) is 2. The number of rotatable bonds is 9. The van der Waals surface area contributed by atoms with Crippen molar-refractivity contribution in [2.45, 2.75) is 39.0 Å². The standard InChI is InChI=1S/C16H23NO3/c1-2-3-5-10-15(18)17(13-16(19)20)12-11-14-8-6-4-7-9-14/h4,6-9H,2-3,5,10-13H2,1H3,(H,19,20). The molecule has 4 nitrogen and oxygen atoms in total. The van der Waals surface area contributed by atoms with Crippen LogP contribution in [0.2, 0.25) is 0 Å². The zero-order valence-electron chi connectivity index (χ0n) is 12.0. The molecule has 1 rings (SSSR count). The Morgan fingerprint density at radius 1 is 1.15 bits per heavy atom. The van der Waals surface area contributed by atoms with Crippen LogP contribution in [0.15, 0.2) is 30.3 Å². The van der Waals surface area contributed by atoms with Crippen LogP contribution in [-0.2, 0) is 16.0 Å². The van der Waals surface area contributed by atoms with Gasteiger partial charge in [-0.2, -0.15) is 0 Å². The first-order chi connectivity index (χ1) is 9.63.